The lowest BCUT2D eigenvalue weighted by atomic mass is 10.1. The number of amides is 1. The molecule has 0 saturated carbocycles. The first-order valence-electron chi connectivity index (χ1n) is 6.78. The summed E-state index contributed by atoms with van der Waals surface area (Å²) in [7, 11) is 0. The number of rotatable bonds is 3. The van der Waals surface area contributed by atoms with Gasteiger partial charge < -0.3 is 15.4 Å². The fraction of sp³-hybridized carbons (Fsp3) is 0.500. The molecule has 1 aromatic rings. The van der Waals surface area contributed by atoms with Crippen LogP contribution in [0.25, 0.3) is 0 Å². The zero-order valence-electron chi connectivity index (χ0n) is 11.6. The molecule has 5 nitrogen and oxygen atoms in total. The third-order valence-electron chi connectivity index (χ3n) is 3.37. The van der Waals surface area contributed by atoms with Gasteiger partial charge in [-0.05, 0) is 24.6 Å². The van der Waals surface area contributed by atoms with Crippen LogP contribution in [0, 0.1) is 5.82 Å². The number of carbonyl (C=O) groups excluding carboxylic acids is 1. The zero-order chi connectivity index (χ0) is 14.5. The van der Waals surface area contributed by atoms with Crippen molar-refractivity contribution in [2.24, 2.45) is 0 Å². The summed E-state index contributed by atoms with van der Waals surface area (Å²) < 4.78 is 18.3. The Morgan fingerprint density at radius 1 is 1.35 bits per heavy atom. The Morgan fingerprint density at radius 3 is 2.65 bits per heavy atom. The molecule has 1 aromatic carbocycles. The topological polar surface area (TPSA) is 58.8 Å². The predicted octanol–water partition coefficient (Wildman–Crippen LogP) is 1.68. The number of nitrogens with zero attached hydrogens (tertiary/aromatic N) is 2. The van der Waals surface area contributed by atoms with Crippen LogP contribution in [0.1, 0.15) is 12.5 Å². The lowest BCUT2D eigenvalue weighted by Crippen LogP contribution is -2.48. The van der Waals surface area contributed by atoms with E-state index >= 15 is 0 Å². The molecule has 2 N–H and O–H groups in total. The molecule has 1 aliphatic rings. The molecule has 6 heteroatoms. The molecule has 0 aliphatic carbocycles. The Bertz CT molecular complexity index is 473. The molecule has 20 heavy (non-hydrogen) atoms. The van der Waals surface area contributed by atoms with Gasteiger partial charge in [-0.2, -0.15) is 0 Å². The van der Waals surface area contributed by atoms with Gasteiger partial charge in [0.25, 0.3) is 0 Å². The number of carbonyl (C=O) groups is 1. The summed E-state index contributed by atoms with van der Waals surface area (Å²) in [6.45, 7) is 5.63. The number of nitrogen functional groups attached to an aromatic ring is 1. The quantitative estimate of drug-likeness (QED) is 0.856. The first kappa shape index (κ1) is 14.6. The second-order valence-corrected chi connectivity index (χ2v) is 4.82. The van der Waals surface area contributed by atoms with Gasteiger partial charge in [0.2, 0.25) is 0 Å². The number of hydrogen-bond acceptors (Lipinski definition) is 4. The average Bonchev–Trinajstić information content (AvgIpc) is 2.44. The van der Waals surface area contributed by atoms with Gasteiger partial charge in [-0.3, -0.25) is 4.90 Å². The third-order valence-corrected chi connectivity index (χ3v) is 3.37. The number of anilines is 1. The van der Waals surface area contributed by atoms with Gasteiger partial charge in [0, 0.05) is 32.7 Å². The molecule has 0 atom stereocenters. The van der Waals surface area contributed by atoms with Gasteiger partial charge in [0.05, 0.1) is 12.3 Å². The Balaban J connectivity index is 1.85. The second kappa shape index (κ2) is 6.56. The summed E-state index contributed by atoms with van der Waals surface area (Å²) in [4.78, 5) is 15.4. The van der Waals surface area contributed by atoms with Crippen LogP contribution in [0.4, 0.5) is 14.9 Å². The molecular weight excluding hydrogens is 261 g/mol. The van der Waals surface area contributed by atoms with Crippen LogP contribution in [0.5, 0.6) is 0 Å². The standard InChI is InChI=1S/C14H20FN3O2/c1-2-20-14(19)18-7-5-17(6-8-18)10-11-3-4-13(16)12(15)9-11/h3-4,9H,2,5-8,10,16H2,1H3. The number of hydrogen-bond donors (Lipinski definition) is 1. The normalized spacial score (nSPS) is 16.2. The van der Waals surface area contributed by atoms with Crippen molar-refractivity contribution in [2.45, 2.75) is 13.5 Å². The number of benzene rings is 1. The van der Waals surface area contributed by atoms with Crippen molar-refractivity contribution in [3.05, 3.63) is 29.6 Å². The Kier molecular flexibility index (Phi) is 4.79. The van der Waals surface area contributed by atoms with Crippen molar-refractivity contribution in [3.8, 4) is 0 Å². The smallest absolute Gasteiger partial charge is 0.409 e. The Morgan fingerprint density at radius 2 is 2.05 bits per heavy atom. The lowest BCUT2D eigenvalue weighted by Gasteiger charge is -2.34. The summed E-state index contributed by atoms with van der Waals surface area (Å²) in [5, 5.41) is 0. The van der Waals surface area contributed by atoms with E-state index in [2.05, 4.69) is 4.90 Å². The molecule has 1 aliphatic heterocycles. The van der Waals surface area contributed by atoms with Gasteiger partial charge in [-0.25, -0.2) is 9.18 Å². The fourth-order valence-corrected chi connectivity index (χ4v) is 2.23. The maximum atomic E-state index is 13.4. The maximum absolute atomic E-state index is 13.4. The van der Waals surface area contributed by atoms with Crippen LogP contribution in [0.15, 0.2) is 18.2 Å². The molecule has 0 radical (unpaired) electrons. The molecule has 1 amide bonds. The summed E-state index contributed by atoms with van der Waals surface area (Å²) in [6, 6.07) is 4.88. The van der Waals surface area contributed by atoms with Gasteiger partial charge >= 0.3 is 6.09 Å². The average molecular weight is 281 g/mol. The van der Waals surface area contributed by atoms with E-state index in [4.69, 9.17) is 10.5 Å². The van der Waals surface area contributed by atoms with Gasteiger partial charge in [-0.1, -0.05) is 6.07 Å². The van der Waals surface area contributed by atoms with Crippen LogP contribution in [-0.4, -0.2) is 48.7 Å². The van der Waals surface area contributed by atoms with Crippen LogP contribution in [0.2, 0.25) is 0 Å². The predicted molar refractivity (Wildman–Crippen MR) is 74.7 cm³/mol. The SMILES string of the molecule is CCOC(=O)N1CCN(Cc2ccc(N)c(F)c2)CC1. The minimum absolute atomic E-state index is 0.167. The van der Waals surface area contributed by atoms with Crippen LogP contribution in [0.3, 0.4) is 0 Å². The van der Waals surface area contributed by atoms with Crippen LogP contribution in [-0.2, 0) is 11.3 Å². The van der Waals surface area contributed by atoms with E-state index in [1.54, 1.807) is 17.9 Å². The zero-order valence-corrected chi connectivity index (χ0v) is 11.6. The molecule has 2 rings (SSSR count). The summed E-state index contributed by atoms with van der Waals surface area (Å²) >= 11 is 0. The van der Waals surface area contributed by atoms with Crippen molar-refractivity contribution in [2.75, 3.05) is 38.5 Å². The molecule has 1 heterocycles. The first-order valence-corrected chi connectivity index (χ1v) is 6.78. The first-order chi connectivity index (χ1) is 9.60. The summed E-state index contributed by atoms with van der Waals surface area (Å²) in [5.74, 6) is -0.382. The largest absolute Gasteiger partial charge is 0.450 e. The summed E-state index contributed by atoms with van der Waals surface area (Å²) in [6.07, 6.45) is -0.259. The molecule has 1 fully saturated rings. The van der Waals surface area contributed by atoms with Gasteiger partial charge in [0.1, 0.15) is 5.82 Å². The highest BCUT2D eigenvalue weighted by molar-refractivity contribution is 5.67. The fourth-order valence-electron chi connectivity index (χ4n) is 2.23. The van der Waals surface area contributed by atoms with E-state index in [0.717, 1.165) is 18.7 Å². The van der Waals surface area contributed by atoms with Crippen molar-refractivity contribution in [1.29, 1.82) is 0 Å². The van der Waals surface area contributed by atoms with E-state index in [1.807, 2.05) is 6.07 Å². The second-order valence-electron chi connectivity index (χ2n) is 4.82. The van der Waals surface area contributed by atoms with Crippen LogP contribution >= 0.6 is 0 Å². The van der Waals surface area contributed by atoms with E-state index in [-0.39, 0.29) is 17.6 Å². The Labute approximate surface area is 118 Å². The molecule has 110 valence electrons. The van der Waals surface area contributed by atoms with Crippen molar-refractivity contribution >= 4 is 11.8 Å². The molecule has 1 saturated heterocycles. The van der Waals surface area contributed by atoms with Crippen molar-refractivity contribution < 1.29 is 13.9 Å². The molecule has 0 bridgehead atoms. The third kappa shape index (κ3) is 3.60. The molecule has 0 aromatic heterocycles. The maximum Gasteiger partial charge on any atom is 0.409 e. The highest BCUT2D eigenvalue weighted by Crippen LogP contribution is 2.15. The van der Waals surface area contributed by atoms with Gasteiger partial charge in [0.15, 0.2) is 0 Å². The van der Waals surface area contributed by atoms with E-state index in [0.29, 0.717) is 26.2 Å². The number of halogens is 1. The van der Waals surface area contributed by atoms with Crippen molar-refractivity contribution in [1.82, 2.24) is 9.80 Å². The van der Waals surface area contributed by atoms with E-state index < -0.39 is 0 Å². The van der Waals surface area contributed by atoms with Crippen LogP contribution < -0.4 is 5.73 Å². The summed E-state index contributed by atoms with van der Waals surface area (Å²) in [5.41, 5.74) is 6.51. The van der Waals surface area contributed by atoms with E-state index in [1.165, 1.54) is 6.07 Å². The minimum Gasteiger partial charge on any atom is -0.450 e. The monoisotopic (exact) mass is 281 g/mol. The van der Waals surface area contributed by atoms with Gasteiger partial charge in [-0.15, -0.1) is 0 Å². The molecule has 0 unspecified atom stereocenters. The van der Waals surface area contributed by atoms with Crippen molar-refractivity contribution in [3.63, 3.8) is 0 Å². The minimum atomic E-state index is -0.382. The Hall–Kier alpha value is -1.82. The molecular formula is C14H20FN3O2. The number of piperazine rings is 1. The number of ether oxygens (including phenoxy) is 1. The molecule has 0 spiro atoms. The highest BCUT2D eigenvalue weighted by atomic mass is 19.1. The number of nitrogens with two attached hydrogens (primary N) is 1. The lowest BCUT2D eigenvalue weighted by molar-refractivity contribution is 0.0778. The van der Waals surface area contributed by atoms with E-state index in [9.17, 15) is 9.18 Å². The highest BCUT2D eigenvalue weighted by Gasteiger charge is 2.21.